The quantitative estimate of drug-likeness (QED) is 0.888. The lowest BCUT2D eigenvalue weighted by Gasteiger charge is -2.23. The third kappa shape index (κ3) is 2.43. The third-order valence-electron chi connectivity index (χ3n) is 3.72. The lowest BCUT2D eigenvalue weighted by Crippen LogP contribution is -2.16. The summed E-state index contributed by atoms with van der Waals surface area (Å²) in [6.07, 6.45) is 4.13. The molecule has 0 bridgehead atoms. The Morgan fingerprint density at radius 2 is 2.00 bits per heavy atom. The van der Waals surface area contributed by atoms with Gasteiger partial charge < -0.3 is 14.6 Å². The van der Waals surface area contributed by atoms with Crippen LogP contribution in [-0.2, 0) is 4.79 Å². The monoisotopic (exact) mass is 260 g/mol. The molecule has 0 saturated carbocycles. The van der Waals surface area contributed by atoms with Crippen LogP contribution in [0.2, 0.25) is 0 Å². The van der Waals surface area contributed by atoms with Crippen LogP contribution < -0.4 is 9.47 Å². The van der Waals surface area contributed by atoms with Crippen LogP contribution in [0.4, 0.5) is 0 Å². The van der Waals surface area contributed by atoms with E-state index in [0.717, 1.165) is 24.3 Å². The molecule has 4 heteroatoms. The van der Waals surface area contributed by atoms with Gasteiger partial charge >= 0.3 is 5.97 Å². The number of rotatable bonds is 2. The fraction of sp³-hybridized carbons (Fsp3) is 0.400. The van der Waals surface area contributed by atoms with Crippen LogP contribution in [0.25, 0.3) is 0 Å². The average molecular weight is 260 g/mol. The molecule has 0 spiro atoms. The molecule has 0 aromatic heterocycles. The normalized spacial score (nSPS) is 21.7. The minimum absolute atomic E-state index is 0.374. The molecule has 0 radical (unpaired) electrons. The van der Waals surface area contributed by atoms with Gasteiger partial charge in [-0.2, -0.15) is 0 Å². The lowest BCUT2D eigenvalue weighted by molar-refractivity contribution is -0.132. The maximum atomic E-state index is 10.9. The maximum absolute atomic E-state index is 10.9. The third-order valence-corrected chi connectivity index (χ3v) is 3.72. The molecule has 1 aliphatic carbocycles. The van der Waals surface area contributed by atoms with E-state index in [1.807, 2.05) is 18.2 Å². The molecule has 1 unspecified atom stereocenters. The predicted octanol–water partition coefficient (Wildman–Crippen LogP) is 2.74. The summed E-state index contributed by atoms with van der Waals surface area (Å²) in [4.78, 5) is 10.9. The number of carboxylic acid groups (broad SMARTS) is 1. The number of aliphatic carboxylic acids is 1. The fourth-order valence-corrected chi connectivity index (χ4v) is 2.65. The second kappa shape index (κ2) is 4.96. The van der Waals surface area contributed by atoms with Gasteiger partial charge in [-0.25, -0.2) is 4.79 Å². The Balaban J connectivity index is 1.78. The molecule has 1 atom stereocenters. The zero-order valence-electron chi connectivity index (χ0n) is 10.6. The van der Waals surface area contributed by atoms with Gasteiger partial charge in [0.25, 0.3) is 0 Å². The smallest absolute Gasteiger partial charge is 0.331 e. The highest BCUT2D eigenvalue weighted by atomic mass is 16.6. The van der Waals surface area contributed by atoms with E-state index >= 15 is 0 Å². The molecular weight excluding hydrogens is 244 g/mol. The van der Waals surface area contributed by atoms with E-state index in [4.69, 9.17) is 14.6 Å². The van der Waals surface area contributed by atoms with E-state index < -0.39 is 5.97 Å². The van der Waals surface area contributed by atoms with E-state index in [0.29, 0.717) is 31.1 Å². The Bertz CT molecular complexity index is 533. The molecule has 19 heavy (non-hydrogen) atoms. The van der Waals surface area contributed by atoms with Crippen LogP contribution in [-0.4, -0.2) is 24.3 Å². The standard InChI is InChI=1S/C15H16O4/c16-15(17)11-3-1-10(2-4-11)12-5-6-13-14(9-12)19-8-7-18-13/h3,5-6,9-10H,1-2,4,7-8H2,(H,16,17). The largest absolute Gasteiger partial charge is 0.486 e. The van der Waals surface area contributed by atoms with Gasteiger partial charge in [0.1, 0.15) is 13.2 Å². The molecule has 0 fully saturated rings. The Hall–Kier alpha value is -1.97. The second-order valence-corrected chi connectivity index (χ2v) is 4.91. The molecule has 1 aromatic carbocycles. The summed E-state index contributed by atoms with van der Waals surface area (Å²) < 4.78 is 11.1. The summed E-state index contributed by atoms with van der Waals surface area (Å²) in [5, 5.41) is 8.95. The number of hydrogen-bond donors (Lipinski definition) is 1. The van der Waals surface area contributed by atoms with E-state index in [1.165, 1.54) is 5.56 Å². The highest BCUT2D eigenvalue weighted by molar-refractivity contribution is 5.86. The molecule has 2 aliphatic rings. The molecule has 0 amide bonds. The summed E-state index contributed by atoms with van der Waals surface area (Å²) in [6.45, 7) is 1.19. The first-order valence-corrected chi connectivity index (χ1v) is 6.56. The highest BCUT2D eigenvalue weighted by Gasteiger charge is 2.21. The van der Waals surface area contributed by atoms with Crippen molar-refractivity contribution in [2.75, 3.05) is 13.2 Å². The van der Waals surface area contributed by atoms with Crippen molar-refractivity contribution < 1.29 is 19.4 Å². The Labute approximate surface area is 111 Å². The zero-order valence-corrected chi connectivity index (χ0v) is 10.6. The number of carboxylic acids is 1. The van der Waals surface area contributed by atoms with Gasteiger partial charge in [0, 0.05) is 5.57 Å². The van der Waals surface area contributed by atoms with E-state index in [1.54, 1.807) is 0 Å². The van der Waals surface area contributed by atoms with Gasteiger partial charge in [0.15, 0.2) is 11.5 Å². The van der Waals surface area contributed by atoms with Gasteiger partial charge in [-0.15, -0.1) is 0 Å². The fourth-order valence-electron chi connectivity index (χ4n) is 2.65. The minimum atomic E-state index is -0.791. The van der Waals surface area contributed by atoms with Crippen molar-refractivity contribution in [3.8, 4) is 11.5 Å². The van der Waals surface area contributed by atoms with Crippen LogP contribution in [0.15, 0.2) is 29.8 Å². The van der Waals surface area contributed by atoms with Crippen molar-refractivity contribution in [1.82, 2.24) is 0 Å². The van der Waals surface area contributed by atoms with Crippen LogP contribution in [0, 0.1) is 0 Å². The second-order valence-electron chi connectivity index (χ2n) is 4.91. The minimum Gasteiger partial charge on any atom is -0.486 e. The number of allylic oxidation sites excluding steroid dienone is 1. The van der Waals surface area contributed by atoms with Gasteiger partial charge in [-0.05, 0) is 42.9 Å². The Kier molecular flexibility index (Phi) is 3.15. The first kappa shape index (κ1) is 12.1. The lowest BCUT2D eigenvalue weighted by atomic mass is 9.84. The van der Waals surface area contributed by atoms with Crippen LogP contribution in [0.3, 0.4) is 0 Å². The van der Waals surface area contributed by atoms with E-state index in [-0.39, 0.29) is 0 Å². The van der Waals surface area contributed by atoms with Crippen molar-refractivity contribution in [2.24, 2.45) is 0 Å². The van der Waals surface area contributed by atoms with Gasteiger partial charge in [0.05, 0.1) is 0 Å². The molecule has 1 aromatic rings. The molecule has 1 heterocycles. The van der Waals surface area contributed by atoms with Gasteiger partial charge in [-0.1, -0.05) is 12.1 Å². The van der Waals surface area contributed by atoms with Crippen molar-refractivity contribution in [2.45, 2.75) is 25.2 Å². The van der Waals surface area contributed by atoms with Gasteiger partial charge in [0.2, 0.25) is 0 Å². The molecule has 1 aliphatic heterocycles. The summed E-state index contributed by atoms with van der Waals surface area (Å²) in [5.41, 5.74) is 1.73. The van der Waals surface area contributed by atoms with Crippen LogP contribution in [0.1, 0.15) is 30.7 Å². The Morgan fingerprint density at radius 3 is 2.68 bits per heavy atom. The van der Waals surface area contributed by atoms with Crippen molar-refractivity contribution in [3.63, 3.8) is 0 Å². The summed E-state index contributed by atoms with van der Waals surface area (Å²) >= 11 is 0. The van der Waals surface area contributed by atoms with Crippen LogP contribution >= 0.6 is 0 Å². The zero-order chi connectivity index (χ0) is 13.2. The van der Waals surface area contributed by atoms with Gasteiger partial charge in [-0.3, -0.25) is 0 Å². The van der Waals surface area contributed by atoms with E-state index in [2.05, 4.69) is 6.07 Å². The molecule has 100 valence electrons. The number of carbonyl (C=O) groups is 1. The van der Waals surface area contributed by atoms with Crippen molar-refractivity contribution in [1.29, 1.82) is 0 Å². The number of hydrogen-bond acceptors (Lipinski definition) is 3. The first-order valence-electron chi connectivity index (χ1n) is 6.56. The maximum Gasteiger partial charge on any atom is 0.331 e. The molecule has 3 rings (SSSR count). The predicted molar refractivity (Wildman–Crippen MR) is 69.7 cm³/mol. The first-order chi connectivity index (χ1) is 9.24. The molecule has 4 nitrogen and oxygen atoms in total. The summed E-state index contributed by atoms with van der Waals surface area (Å²) in [7, 11) is 0. The number of benzene rings is 1. The Morgan fingerprint density at radius 1 is 1.21 bits per heavy atom. The average Bonchev–Trinajstić information content (AvgIpc) is 2.47. The van der Waals surface area contributed by atoms with Crippen molar-refractivity contribution in [3.05, 3.63) is 35.4 Å². The molecule has 1 N–H and O–H groups in total. The topological polar surface area (TPSA) is 55.8 Å². The molecular formula is C15H16O4. The SMILES string of the molecule is O=C(O)C1=CCC(c2ccc3c(c2)OCCO3)CC1. The number of fused-ring (bicyclic) bond motifs is 1. The summed E-state index contributed by atoms with van der Waals surface area (Å²) in [5.74, 6) is 1.18. The van der Waals surface area contributed by atoms with E-state index in [9.17, 15) is 4.79 Å². The summed E-state index contributed by atoms with van der Waals surface area (Å²) in [6, 6.07) is 6.02. The highest BCUT2D eigenvalue weighted by Crippen LogP contribution is 2.37. The van der Waals surface area contributed by atoms with Crippen molar-refractivity contribution >= 4 is 5.97 Å². The van der Waals surface area contributed by atoms with Crippen LogP contribution in [0.5, 0.6) is 11.5 Å². The molecule has 0 saturated heterocycles. The number of ether oxygens (including phenoxy) is 2.